The number of alkyl carbamates (subject to hydrolysis) is 1. The lowest BCUT2D eigenvalue weighted by Gasteiger charge is -2.45. The van der Waals surface area contributed by atoms with Crippen LogP contribution in [0.4, 0.5) is 4.79 Å². The van der Waals surface area contributed by atoms with Crippen molar-refractivity contribution in [2.45, 2.75) is 160 Å². The third-order valence-electron chi connectivity index (χ3n) is 12.8. The van der Waals surface area contributed by atoms with Crippen molar-refractivity contribution in [3.63, 3.8) is 0 Å². The maximum absolute atomic E-state index is 14.9. The van der Waals surface area contributed by atoms with Gasteiger partial charge in [-0.1, -0.05) is 87.4 Å². The second-order valence-corrected chi connectivity index (χ2v) is 19.2. The maximum atomic E-state index is 14.9. The molecule has 15 nitrogen and oxygen atoms in total. The Labute approximate surface area is 379 Å². The van der Waals surface area contributed by atoms with Crippen LogP contribution in [-0.2, 0) is 46.5 Å². The number of aryl methyl sites for hydroxylation is 1. The normalized spacial score (nSPS) is 19.4. The molecular formula is C49H72N6O9. The van der Waals surface area contributed by atoms with E-state index >= 15 is 0 Å². The van der Waals surface area contributed by atoms with Crippen LogP contribution < -0.4 is 10.6 Å². The number of aliphatic hydroxyl groups excluding tert-OH is 1. The second-order valence-electron chi connectivity index (χ2n) is 19.2. The number of rotatable bonds is 18. The van der Waals surface area contributed by atoms with Gasteiger partial charge in [-0.3, -0.25) is 28.9 Å². The van der Waals surface area contributed by atoms with Gasteiger partial charge in [-0.15, -0.1) is 0 Å². The number of amides is 5. The summed E-state index contributed by atoms with van der Waals surface area (Å²) in [6, 6.07) is 15.1. The van der Waals surface area contributed by atoms with Gasteiger partial charge >= 0.3 is 12.1 Å². The Bertz CT molecular complexity index is 1880. The zero-order valence-corrected chi connectivity index (χ0v) is 39.1. The van der Waals surface area contributed by atoms with E-state index < -0.39 is 65.4 Å². The van der Waals surface area contributed by atoms with Crippen LogP contribution in [0.3, 0.4) is 0 Å². The molecule has 5 amide bonds. The lowest BCUT2D eigenvalue weighted by Crippen LogP contribution is -2.65. The summed E-state index contributed by atoms with van der Waals surface area (Å²) in [4.78, 5) is 90.4. The van der Waals surface area contributed by atoms with Crippen molar-refractivity contribution in [2.24, 2.45) is 5.92 Å². The van der Waals surface area contributed by atoms with Crippen molar-refractivity contribution < 1.29 is 43.3 Å². The Morgan fingerprint density at radius 3 is 2.03 bits per heavy atom. The molecule has 3 fully saturated rings. The molecule has 1 unspecified atom stereocenters. The van der Waals surface area contributed by atoms with Gasteiger partial charge in [0.1, 0.15) is 42.1 Å². The van der Waals surface area contributed by atoms with Gasteiger partial charge in [-0.25, -0.2) is 4.79 Å². The van der Waals surface area contributed by atoms with Gasteiger partial charge < -0.3 is 39.9 Å². The minimum Gasteiger partial charge on any atom is -0.460 e. The van der Waals surface area contributed by atoms with Gasteiger partial charge in [0.25, 0.3) is 0 Å². The summed E-state index contributed by atoms with van der Waals surface area (Å²) in [6.45, 7) is 10.5. The fourth-order valence-corrected chi connectivity index (χ4v) is 9.47. The molecule has 3 aliphatic rings. The number of nitrogens with zero attached hydrogens (tertiary/aromatic N) is 4. The summed E-state index contributed by atoms with van der Waals surface area (Å²) < 4.78 is 11.1. The van der Waals surface area contributed by atoms with Crippen LogP contribution in [0.15, 0.2) is 60.7 Å². The Kier molecular flexibility index (Phi) is 17.8. The zero-order valence-electron chi connectivity index (χ0n) is 39.1. The Morgan fingerprint density at radius 2 is 1.44 bits per heavy atom. The largest absolute Gasteiger partial charge is 0.460 e. The number of likely N-dealkylation sites (tertiary alicyclic amines) is 2. The summed E-state index contributed by atoms with van der Waals surface area (Å²) in [5.74, 6) is -2.39. The van der Waals surface area contributed by atoms with Crippen molar-refractivity contribution in [2.75, 3.05) is 33.7 Å². The SMILES string of the molecule is CC(C)[C@@H](C(O)N(C)[C@@H](CC(=O)OC(C)(C)C)C(=O)N1CCCCC1)N(C)C(=O)C1(NC(=O)[C@@H]2CCCN2C(=O)[C@H](CCc2ccccc2)NC(=O)OCc2ccccc2)CCCC1. The smallest absolute Gasteiger partial charge is 0.408 e. The summed E-state index contributed by atoms with van der Waals surface area (Å²) in [6.07, 6.45) is 4.11. The van der Waals surface area contributed by atoms with Gasteiger partial charge in [-0.2, -0.15) is 0 Å². The molecule has 2 aliphatic heterocycles. The number of hydrogen-bond donors (Lipinski definition) is 3. The number of carbonyl (C=O) groups is 6. The molecular weight excluding hydrogens is 817 g/mol. The number of likely N-dealkylation sites (N-methyl/N-ethyl adjacent to an activating group) is 2. The third kappa shape index (κ3) is 13.3. The van der Waals surface area contributed by atoms with Crippen LogP contribution in [0.2, 0.25) is 0 Å². The highest BCUT2D eigenvalue weighted by Gasteiger charge is 2.50. The highest BCUT2D eigenvalue weighted by atomic mass is 16.6. The average Bonchev–Trinajstić information content (AvgIpc) is 3.97. The topological polar surface area (TPSA) is 178 Å². The number of ether oxygens (including phenoxy) is 2. The van der Waals surface area contributed by atoms with Crippen LogP contribution in [0.5, 0.6) is 0 Å². The molecule has 64 heavy (non-hydrogen) atoms. The first-order valence-corrected chi connectivity index (χ1v) is 23.2. The van der Waals surface area contributed by atoms with E-state index in [9.17, 15) is 33.9 Å². The lowest BCUT2D eigenvalue weighted by atomic mass is 9.91. The van der Waals surface area contributed by atoms with E-state index in [2.05, 4.69) is 10.6 Å². The molecule has 5 atom stereocenters. The predicted octanol–water partition coefficient (Wildman–Crippen LogP) is 5.18. The van der Waals surface area contributed by atoms with Gasteiger partial charge in [0.2, 0.25) is 23.6 Å². The fourth-order valence-electron chi connectivity index (χ4n) is 9.47. The van der Waals surface area contributed by atoms with E-state index in [1.807, 2.05) is 74.5 Å². The lowest BCUT2D eigenvalue weighted by molar-refractivity contribution is -0.165. The minimum absolute atomic E-state index is 0.0277. The van der Waals surface area contributed by atoms with E-state index in [1.165, 1.54) is 14.7 Å². The molecule has 5 rings (SSSR count). The molecule has 0 bridgehead atoms. The maximum Gasteiger partial charge on any atom is 0.408 e. The molecule has 0 radical (unpaired) electrons. The van der Waals surface area contributed by atoms with E-state index in [4.69, 9.17) is 9.47 Å². The summed E-state index contributed by atoms with van der Waals surface area (Å²) in [7, 11) is 3.20. The van der Waals surface area contributed by atoms with E-state index in [0.717, 1.165) is 30.4 Å². The summed E-state index contributed by atoms with van der Waals surface area (Å²) in [5.41, 5.74) is -0.293. The van der Waals surface area contributed by atoms with Crippen LogP contribution >= 0.6 is 0 Å². The molecule has 15 heteroatoms. The average molecular weight is 889 g/mol. The first-order chi connectivity index (χ1) is 30.4. The Hall–Kier alpha value is -5.02. The van der Waals surface area contributed by atoms with Gasteiger partial charge in [0.15, 0.2) is 0 Å². The fraction of sp³-hybridized carbons (Fsp3) is 0.633. The number of carbonyl (C=O) groups excluding carboxylic acids is 6. The number of piperidine rings is 1. The predicted molar refractivity (Wildman–Crippen MR) is 242 cm³/mol. The minimum atomic E-state index is -1.37. The van der Waals surface area contributed by atoms with Crippen molar-refractivity contribution >= 4 is 35.7 Å². The van der Waals surface area contributed by atoms with Crippen LogP contribution in [-0.4, -0.2) is 136 Å². The molecule has 0 spiro atoms. The molecule has 3 N–H and O–H groups in total. The molecule has 352 valence electrons. The highest BCUT2D eigenvalue weighted by Crippen LogP contribution is 2.34. The number of nitrogens with one attached hydrogen (secondary N) is 2. The third-order valence-corrected chi connectivity index (χ3v) is 12.8. The number of benzene rings is 2. The number of aliphatic hydroxyl groups is 1. The van der Waals surface area contributed by atoms with Crippen molar-refractivity contribution in [3.8, 4) is 0 Å². The molecule has 1 saturated carbocycles. The Morgan fingerprint density at radius 1 is 0.828 bits per heavy atom. The first-order valence-electron chi connectivity index (χ1n) is 23.2. The highest BCUT2D eigenvalue weighted by molar-refractivity contribution is 5.96. The molecule has 1 aliphatic carbocycles. The molecule has 2 aromatic carbocycles. The molecule has 2 aromatic rings. The first kappa shape index (κ1) is 50.0. The number of hydrogen-bond acceptors (Lipinski definition) is 10. The van der Waals surface area contributed by atoms with E-state index in [1.54, 1.807) is 39.8 Å². The van der Waals surface area contributed by atoms with Gasteiger partial charge in [0, 0.05) is 26.7 Å². The van der Waals surface area contributed by atoms with Crippen molar-refractivity contribution in [1.29, 1.82) is 0 Å². The summed E-state index contributed by atoms with van der Waals surface area (Å²) in [5, 5.41) is 18.1. The zero-order chi connectivity index (χ0) is 46.6. The van der Waals surface area contributed by atoms with Crippen molar-refractivity contribution in [3.05, 3.63) is 71.8 Å². The molecule has 2 saturated heterocycles. The van der Waals surface area contributed by atoms with Gasteiger partial charge in [-0.05, 0) is 103 Å². The van der Waals surface area contributed by atoms with Crippen LogP contribution in [0, 0.1) is 5.92 Å². The summed E-state index contributed by atoms with van der Waals surface area (Å²) >= 11 is 0. The Balaban J connectivity index is 1.32. The van der Waals surface area contributed by atoms with Crippen LogP contribution in [0.1, 0.15) is 116 Å². The quantitative estimate of drug-likeness (QED) is 0.134. The van der Waals surface area contributed by atoms with Gasteiger partial charge in [0.05, 0.1) is 12.5 Å². The van der Waals surface area contributed by atoms with E-state index in [0.29, 0.717) is 64.6 Å². The second kappa shape index (κ2) is 22.7. The molecule has 2 heterocycles. The monoisotopic (exact) mass is 889 g/mol. The molecule has 0 aromatic heterocycles. The standard InChI is InChI=1S/C49H72N6O9/c1-34(2)41(45(60)52(6)39(32-40(56)64-48(3,4)5)44(59)54-29-17-10-18-30-54)53(7)46(61)49(27-15-16-28-49)51-42(57)38-24-19-31-55(38)43(58)37(26-25-35-20-11-8-12-21-35)50-47(62)63-33-36-22-13-9-14-23-36/h8-9,11-14,20-23,34,37-39,41,45,60H,10,15-19,24-33H2,1-7H3,(H,50,62)(H,51,57)/t37-,38-,39-,41-,45?/m0/s1. The van der Waals surface area contributed by atoms with E-state index in [-0.39, 0.29) is 37.2 Å². The number of esters is 1. The van der Waals surface area contributed by atoms with Crippen molar-refractivity contribution in [1.82, 2.24) is 30.2 Å². The van der Waals surface area contributed by atoms with Crippen LogP contribution in [0.25, 0.3) is 0 Å².